The summed E-state index contributed by atoms with van der Waals surface area (Å²) in [4.78, 5) is 8.86. The molecule has 1 aromatic heterocycles. The maximum Gasteiger partial charge on any atom is 0.221 e. The van der Waals surface area contributed by atoms with Crippen LogP contribution in [0.4, 0.5) is 0 Å². The van der Waals surface area contributed by atoms with Gasteiger partial charge < -0.3 is 4.74 Å². The third kappa shape index (κ3) is 3.38. The Morgan fingerprint density at radius 3 is 2.53 bits per heavy atom. The summed E-state index contributed by atoms with van der Waals surface area (Å²) < 4.78 is 6.13. The van der Waals surface area contributed by atoms with Crippen molar-refractivity contribution in [3.8, 4) is 5.88 Å². The minimum Gasteiger partial charge on any atom is -0.474 e. The predicted octanol–water partition coefficient (Wildman–Crippen LogP) is 4.52. The molecule has 1 aromatic rings. The molecule has 106 valence electrons. The Kier molecular flexibility index (Phi) is 4.67. The number of halogens is 1. The molecular weight excluding hydrogens is 260 g/mol. The lowest BCUT2D eigenvalue weighted by atomic mass is 9.88. The minimum atomic E-state index is 0.254. The van der Waals surface area contributed by atoms with E-state index >= 15 is 0 Å². The molecule has 1 heterocycles. The quantitative estimate of drug-likeness (QED) is 0.765. The van der Waals surface area contributed by atoms with Gasteiger partial charge in [0.15, 0.2) is 0 Å². The summed E-state index contributed by atoms with van der Waals surface area (Å²) in [6, 6.07) is 0. The monoisotopic (exact) mass is 282 g/mol. The summed E-state index contributed by atoms with van der Waals surface area (Å²) in [5.41, 5.74) is 0.851. The molecule has 0 N–H and O–H groups in total. The normalized spacial score (nSPS) is 23.7. The second kappa shape index (κ2) is 6.08. The van der Waals surface area contributed by atoms with Gasteiger partial charge in [0.05, 0.1) is 0 Å². The molecule has 1 saturated carbocycles. The number of hydrogen-bond donors (Lipinski definition) is 0. The molecule has 1 aliphatic carbocycles. The van der Waals surface area contributed by atoms with Crippen LogP contribution in [-0.2, 0) is 0 Å². The van der Waals surface area contributed by atoms with Crippen molar-refractivity contribution in [1.29, 1.82) is 0 Å². The lowest BCUT2D eigenvalue weighted by molar-refractivity contribution is 0.0962. The highest BCUT2D eigenvalue weighted by atomic mass is 35.5. The maximum atomic E-state index is 6.19. The van der Waals surface area contributed by atoms with Gasteiger partial charge in [0.2, 0.25) is 5.88 Å². The van der Waals surface area contributed by atoms with E-state index < -0.39 is 0 Å². The van der Waals surface area contributed by atoms with Crippen molar-refractivity contribution in [1.82, 2.24) is 9.97 Å². The topological polar surface area (TPSA) is 35.0 Å². The number of hydrogen-bond acceptors (Lipinski definition) is 3. The van der Waals surface area contributed by atoms with Crippen molar-refractivity contribution in [2.45, 2.75) is 65.4 Å². The molecule has 0 spiro atoms. The molecule has 1 aliphatic rings. The predicted molar refractivity (Wildman–Crippen MR) is 77.9 cm³/mol. The molecular formula is C15H23ClN2O. The second-order valence-corrected chi connectivity index (χ2v) is 6.23. The van der Waals surface area contributed by atoms with Gasteiger partial charge in [-0.2, -0.15) is 4.98 Å². The molecule has 1 fully saturated rings. The van der Waals surface area contributed by atoms with Crippen LogP contribution in [0.3, 0.4) is 0 Å². The van der Waals surface area contributed by atoms with Gasteiger partial charge in [0.25, 0.3) is 0 Å². The van der Waals surface area contributed by atoms with Crippen LogP contribution in [0.25, 0.3) is 0 Å². The summed E-state index contributed by atoms with van der Waals surface area (Å²) in [5.74, 6) is 2.27. The maximum absolute atomic E-state index is 6.19. The second-order valence-electron chi connectivity index (χ2n) is 5.88. The third-order valence-corrected chi connectivity index (χ3v) is 4.24. The molecule has 0 radical (unpaired) electrons. The highest BCUT2D eigenvalue weighted by molar-refractivity contribution is 6.30. The van der Waals surface area contributed by atoms with Crippen molar-refractivity contribution in [3.05, 3.63) is 16.5 Å². The van der Waals surface area contributed by atoms with Gasteiger partial charge in [0, 0.05) is 11.5 Å². The van der Waals surface area contributed by atoms with Gasteiger partial charge in [-0.05, 0) is 32.1 Å². The first-order valence-electron chi connectivity index (χ1n) is 7.19. The van der Waals surface area contributed by atoms with Crippen LogP contribution in [0, 0.1) is 12.8 Å². The van der Waals surface area contributed by atoms with Crippen LogP contribution in [0.5, 0.6) is 5.88 Å². The van der Waals surface area contributed by atoms with Crippen molar-refractivity contribution in [2.75, 3.05) is 0 Å². The SMILES string of the molecule is Cc1c(Cl)nc(C(C)C)nc1OC1CCCCC1C. The Balaban J connectivity index is 2.23. The zero-order valence-corrected chi connectivity index (χ0v) is 13.0. The number of ether oxygens (including phenoxy) is 1. The average molecular weight is 283 g/mol. The number of rotatable bonds is 3. The third-order valence-electron chi connectivity index (χ3n) is 3.87. The first kappa shape index (κ1) is 14.6. The summed E-state index contributed by atoms with van der Waals surface area (Å²) in [6.45, 7) is 8.31. The summed E-state index contributed by atoms with van der Waals surface area (Å²) in [6.07, 6.45) is 5.16. The van der Waals surface area contributed by atoms with E-state index in [0.717, 1.165) is 17.8 Å². The van der Waals surface area contributed by atoms with E-state index in [1.54, 1.807) is 0 Å². The van der Waals surface area contributed by atoms with Gasteiger partial charge >= 0.3 is 0 Å². The Morgan fingerprint density at radius 1 is 1.21 bits per heavy atom. The highest BCUT2D eigenvalue weighted by Gasteiger charge is 2.25. The fourth-order valence-corrected chi connectivity index (χ4v) is 2.63. The largest absolute Gasteiger partial charge is 0.474 e. The van der Waals surface area contributed by atoms with Gasteiger partial charge in [-0.3, -0.25) is 0 Å². The molecule has 0 aromatic carbocycles. The molecule has 0 bridgehead atoms. The van der Waals surface area contributed by atoms with Crippen LogP contribution >= 0.6 is 11.6 Å². The molecule has 2 rings (SSSR count). The fourth-order valence-electron chi connectivity index (χ4n) is 2.46. The molecule has 19 heavy (non-hydrogen) atoms. The summed E-state index contributed by atoms with van der Waals surface area (Å²) >= 11 is 6.19. The van der Waals surface area contributed by atoms with Crippen LogP contribution in [0.15, 0.2) is 0 Å². The zero-order valence-electron chi connectivity index (χ0n) is 12.2. The highest BCUT2D eigenvalue weighted by Crippen LogP contribution is 2.31. The van der Waals surface area contributed by atoms with Crippen molar-refractivity contribution < 1.29 is 4.74 Å². The van der Waals surface area contributed by atoms with E-state index in [1.165, 1.54) is 19.3 Å². The molecule has 3 nitrogen and oxygen atoms in total. The summed E-state index contributed by atoms with van der Waals surface area (Å²) in [5, 5.41) is 0.511. The van der Waals surface area contributed by atoms with E-state index in [1.807, 2.05) is 6.92 Å². The Hall–Kier alpha value is -0.830. The van der Waals surface area contributed by atoms with Crippen LogP contribution in [0.2, 0.25) is 5.15 Å². The van der Waals surface area contributed by atoms with Crippen molar-refractivity contribution >= 4 is 11.6 Å². The molecule has 0 aliphatic heterocycles. The smallest absolute Gasteiger partial charge is 0.221 e. The van der Waals surface area contributed by atoms with Gasteiger partial charge in [-0.1, -0.05) is 38.8 Å². The van der Waals surface area contributed by atoms with Gasteiger partial charge in [-0.15, -0.1) is 0 Å². The van der Waals surface area contributed by atoms with Crippen LogP contribution < -0.4 is 4.74 Å². The summed E-state index contributed by atoms with van der Waals surface area (Å²) in [7, 11) is 0. The first-order chi connectivity index (χ1) is 8.99. The number of aromatic nitrogens is 2. The Morgan fingerprint density at radius 2 is 1.89 bits per heavy atom. The Bertz CT molecular complexity index is 448. The van der Waals surface area contributed by atoms with E-state index in [2.05, 4.69) is 30.7 Å². The molecule has 2 atom stereocenters. The van der Waals surface area contributed by atoms with Crippen molar-refractivity contribution in [2.24, 2.45) is 5.92 Å². The van der Waals surface area contributed by atoms with E-state index in [0.29, 0.717) is 17.0 Å². The lowest BCUT2D eigenvalue weighted by Crippen LogP contribution is -2.29. The van der Waals surface area contributed by atoms with Crippen LogP contribution in [0.1, 0.15) is 63.8 Å². The zero-order chi connectivity index (χ0) is 14.0. The number of nitrogens with zero attached hydrogens (tertiary/aromatic N) is 2. The van der Waals surface area contributed by atoms with E-state index in [4.69, 9.17) is 16.3 Å². The minimum absolute atomic E-state index is 0.254. The van der Waals surface area contributed by atoms with Crippen molar-refractivity contribution in [3.63, 3.8) is 0 Å². The van der Waals surface area contributed by atoms with E-state index in [-0.39, 0.29) is 12.0 Å². The molecule has 0 amide bonds. The van der Waals surface area contributed by atoms with Crippen LogP contribution in [-0.4, -0.2) is 16.1 Å². The lowest BCUT2D eigenvalue weighted by Gasteiger charge is -2.29. The van der Waals surface area contributed by atoms with Gasteiger partial charge in [-0.25, -0.2) is 4.98 Å². The van der Waals surface area contributed by atoms with E-state index in [9.17, 15) is 0 Å². The Labute approximate surface area is 120 Å². The molecule has 2 unspecified atom stereocenters. The molecule has 4 heteroatoms. The molecule has 0 saturated heterocycles. The first-order valence-corrected chi connectivity index (χ1v) is 7.57. The standard InChI is InChI=1S/C15H23ClN2O/c1-9(2)14-17-13(16)11(4)15(18-14)19-12-8-6-5-7-10(12)3/h9-10,12H,5-8H2,1-4H3. The average Bonchev–Trinajstić information content (AvgIpc) is 2.37. The fraction of sp³-hybridized carbons (Fsp3) is 0.733. The van der Waals surface area contributed by atoms with Gasteiger partial charge in [0.1, 0.15) is 17.1 Å².